The molecule has 0 fully saturated rings. The van der Waals surface area contributed by atoms with Gasteiger partial charge in [0.1, 0.15) is 6.04 Å². The first-order chi connectivity index (χ1) is 7.49. The molecule has 0 unspecified atom stereocenters. The van der Waals surface area contributed by atoms with Crippen LogP contribution in [0.15, 0.2) is 24.3 Å². The number of amides is 1. The summed E-state index contributed by atoms with van der Waals surface area (Å²) in [4.78, 5) is 21.5. The molecule has 1 atom stereocenters. The maximum atomic E-state index is 11.2. The molecular formula is C10H11ClN2O3. The van der Waals surface area contributed by atoms with Crippen molar-refractivity contribution in [3.63, 3.8) is 0 Å². The van der Waals surface area contributed by atoms with Crippen molar-refractivity contribution in [2.75, 3.05) is 0 Å². The lowest BCUT2D eigenvalue weighted by Gasteiger charge is -2.09. The number of esters is 1. The highest BCUT2D eigenvalue weighted by Crippen LogP contribution is 2.12. The smallest absolute Gasteiger partial charge is 0.375 e. The van der Waals surface area contributed by atoms with Crippen LogP contribution in [-0.2, 0) is 16.0 Å². The zero-order valence-corrected chi connectivity index (χ0v) is 9.11. The molecular weight excluding hydrogens is 232 g/mol. The second kappa shape index (κ2) is 5.48. The number of hydrogen-bond acceptors (Lipinski definition) is 4. The van der Waals surface area contributed by atoms with Crippen molar-refractivity contribution in [2.24, 2.45) is 11.5 Å². The normalized spacial score (nSPS) is 11.9. The first-order valence-electron chi connectivity index (χ1n) is 4.50. The summed E-state index contributed by atoms with van der Waals surface area (Å²) in [5.41, 5.74) is 11.0. The van der Waals surface area contributed by atoms with Crippen molar-refractivity contribution in [1.29, 1.82) is 0 Å². The van der Waals surface area contributed by atoms with Crippen molar-refractivity contribution >= 4 is 23.7 Å². The maximum absolute atomic E-state index is 11.2. The third-order valence-electron chi connectivity index (χ3n) is 1.85. The summed E-state index contributed by atoms with van der Waals surface area (Å²) in [5.74, 6) is -0.854. The highest BCUT2D eigenvalue weighted by atomic mass is 35.5. The number of rotatable bonds is 3. The minimum atomic E-state index is -1.16. The van der Waals surface area contributed by atoms with Crippen molar-refractivity contribution in [3.8, 4) is 0 Å². The average Bonchev–Trinajstić information content (AvgIpc) is 2.16. The topological polar surface area (TPSA) is 95.4 Å². The summed E-state index contributed by atoms with van der Waals surface area (Å²) < 4.78 is 4.16. The minimum Gasteiger partial charge on any atom is -0.375 e. The third kappa shape index (κ3) is 3.88. The predicted octanol–water partition coefficient (Wildman–Crippen LogP) is 0.832. The fourth-order valence-electron chi connectivity index (χ4n) is 1.18. The van der Waals surface area contributed by atoms with E-state index in [1.807, 2.05) is 0 Å². The van der Waals surface area contributed by atoms with Crippen LogP contribution in [0.5, 0.6) is 0 Å². The fraction of sp³-hybridized carbons (Fsp3) is 0.200. The van der Waals surface area contributed by atoms with Gasteiger partial charge in [0.15, 0.2) is 0 Å². The zero-order valence-electron chi connectivity index (χ0n) is 8.35. The Bertz CT molecular complexity index is 409. The molecule has 86 valence electrons. The minimum absolute atomic E-state index is 0.229. The molecule has 0 radical (unpaired) electrons. The summed E-state index contributed by atoms with van der Waals surface area (Å²) in [6.45, 7) is 0. The lowest BCUT2D eigenvalue weighted by Crippen LogP contribution is -2.36. The van der Waals surface area contributed by atoms with Crippen LogP contribution >= 0.6 is 11.6 Å². The Kier molecular flexibility index (Phi) is 4.28. The van der Waals surface area contributed by atoms with Gasteiger partial charge in [-0.15, -0.1) is 0 Å². The summed E-state index contributed by atoms with van der Waals surface area (Å²) in [7, 11) is 0. The number of nitrogens with two attached hydrogens (primary N) is 2. The first kappa shape index (κ1) is 12.5. The Labute approximate surface area is 97.3 Å². The van der Waals surface area contributed by atoms with E-state index in [1.54, 1.807) is 24.3 Å². The molecule has 16 heavy (non-hydrogen) atoms. The number of benzene rings is 1. The predicted molar refractivity (Wildman–Crippen MR) is 58.8 cm³/mol. The van der Waals surface area contributed by atoms with Crippen molar-refractivity contribution < 1.29 is 14.3 Å². The Hall–Kier alpha value is -1.59. The second-order valence-corrected chi connectivity index (χ2v) is 3.62. The molecule has 5 nitrogen and oxygen atoms in total. The van der Waals surface area contributed by atoms with Gasteiger partial charge in [0, 0.05) is 5.02 Å². The molecule has 1 rings (SSSR count). The molecule has 0 saturated carbocycles. The van der Waals surface area contributed by atoms with E-state index >= 15 is 0 Å². The van der Waals surface area contributed by atoms with Crippen LogP contribution in [-0.4, -0.2) is 18.1 Å². The largest absolute Gasteiger partial charge is 0.412 e. The van der Waals surface area contributed by atoms with Gasteiger partial charge in [-0.05, 0) is 24.1 Å². The maximum Gasteiger partial charge on any atom is 0.412 e. The van der Waals surface area contributed by atoms with E-state index in [-0.39, 0.29) is 6.42 Å². The van der Waals surface area contributed by atoms with E-state index in [4.69, 9.17) is 23.1 Å². The summed E-state index contributed by atoms with van der Waals surface area (Å²) in [5, 5.41) is 0.549. The van der Waals surface area contributed by atoms with Gasteiger partial charge >= 0.3 is 12.1 Å². The number of carbonyl (C=O) groups excluding carboxylic acids is 2. The van der Waals surface area contributed by atoms with E-state index in [0.717, 1.165) is 5.56 Å². The van der Waals surface area contributed by atoms with E-state index in [0.29, 0.717) is 5.02 Å². The Morgan fingerprint density at radius 1 is 1.44 bits per heavy atom. The Balaban J connectivity index is 2.60. The van der Waals surface area contributed by atoms with E-state index in [1.165, 1.54) is 0 Å². The molecule has 6 heteroatoms. The Morgan fingerprint density at radius 2 is 2.12 bits per heavy atom. The average molecular weight is 243 g/mol. The monoisotopic (exact) mass is 242 g/mol. The van der Waals surface area contributed by atoms with Gasteiger partial charge < -0.3 is 16.2 Å². The fourth-order valence-corrected chi connectivity index (χ4v) is 1.39. The number of primary amides is 1. The molecule has 0 saturated heterocycles. The second-order valence-electron chi connectivity index (χ2n) is 3.18. The highest BCUT2D eigenvalue weighted by molar-refractivity contribution is 6.30. The van der Waals surface area contributed by atoms with Crippen LogP contribution in [0.4, 0.5) is 4.79 Å². The SMILES string of the molecule is NC(=O)OC(=O)[C@@H](N)Cc1cccc(Cl)c1. The molecule has 4 N–H and O–H groups in total. The standard InChI is InChI=1S/C10H11ClN2O3/c11-7-3-1-2-6(4-7)5-8(12)9(14)16-10(13)15/h1-4,8H,5,12H2,(H2,13,15)/t8-/m0/s1. The van der Waals surface area contributed by atoms with Gasteiger partial charge in [0.2, 0.25) is 0 Å². The molecule has 0 bridgehead atoms. The molecule has 0 aromatic heterocycles. The van der Waals surface area contributed by atoms with Crippen LogP contribution in [0.2, 0.25) is 5.02 Å². The quantitative estimate of drug-likeness (QED) is 0.606. The molecule has 0 aliphatic rings. The molecule has 0 aliphatic heterocycles. The van der Waals surface area contributed by atoms with Crippen LogP contribution in [0, 0.1) is 0 Å². The van der Waals surface area contributed by atoms with Crippen molar-refractivity contribution in [3.05, 3.63) is 34.9 Å². The molecule has 1 aromatic rings. The lowest BCUT2D eigenvalue weighted by atomic mass is 10.1. The first-order valence-corrected chi connectivity index (χ1v) is 4.88. The van der Waals surface area contributed by atoms with Crippen LogP contribution in [0.25, 0.3) is 0 Å². The molecule has 0 heterocycles. The van der Waals surface area contributed by atoms with Gasteiger partial charge in [-0.3, -0.25) is 0 Å². The molecule has 1 aromatic carbocycles. The van der Waals surface area contributed by atoms with Gasteiger partial charge in [-0.1, -0.05) is 23.7 Å². The van der Waals surface area contributed by atoms with Gasteiger partial charge in [0.25, 0.3) is 0 Å². The molecule has 0 aliphatic carbocycles. The summed E-state index contributed by atoms with van der Waals surface area (Å²) in [6.07, 6.45) is -0.932. The van der Waals surface area contributed by atoms with Crippen LogP contribution < -0.4 is 11.5 Å². The van der Waals surface area contributed by atoms with Crippen LogP contribution in [0.1, 0.15) is 5.56 Å². The highest BCUT2D eigenvalue weighted by Gasteiger charge is 2.17. The number of halogens is 1. The van der Waals surface area contributed by atoms with E-state index in [9.17, 15) is 9.59 Å². The Morgan fingerprint density at radius 3 is 2.69 bits per heavy atom. The van der Waals surface area contributed by atoms with E-state index < -0.39 is 18.1 Å². The molecule has 0 spiro atoms. The number of ether oxygens (including phenoxy) is 1. The molecule has 1 amide bonds. The number of hydrogen-bond donors (Lipinski definition) is 2. The zero-order chi connectivity index (χ0) is 12.1. The van der Waals surface area contributed by atoms with Gasteiger partial charge in [-0.25, -0.2) is 9.59 Å². The van der Waals surface area contributed by atoms with Crippen molar-refractivity contribution in [2.45, 2.75) is 12.5 Å². The lowest BCUT2D eigenvalue weighted by molar-refractivity contribution is -0.138. The number of carbonyl (C=O) groups is 2. The summed E-state index contributed by atoms with van der Waals surface area (Å²) >= 11 is 5.76. The van der Waals surface area contributed by atoms with Crippen LogP contribution in [0.3, 0.4) is 0 Å². The van der Waals surface area contributed by atoms with E-state index in [2.05, 4.69) is 4.74 Å². The van der Waals surface area contributed by atoms with Crippen molar-refractivity contribution in [1.82, 2.24) is 0 Å². The third-order valence-corrected chi connectivity index (χ3v) is 2.08. The van der Waals surface area contributed by atoms with Gasteiger partial charge in [0.05, 0.1) is 0 Å². The van der Waals surface area contributed by atoms with Gasteiger partial charge in [-0.2, -0.15) is 0 Å². The summed E-state index contributed by atoms with van der Waals surface area (Å²) in [6, 6.07) is 5.95.